The van der Waals surface area contributed by atoms with Gasteiger partial charge in [0.1, 0.15) is 6.33 Å². The van der Waals surface area contributed by atoms with Crippen LogP contribution in [0.2, 0.25) is 5.02 Å². The Bertz CT molecular complexity index is 706. The summed E-state index contributed by atoms with van der Waals surface area (Å²) in [5.74, 6) is 0.744. The molecule has 0 aliphatic carbocycles. The van der Waals surface area contributed by atoms with Crippen molar-refractivity contribution in [3.05, 3.63) is 59.6 Å². The Kier molecular flexibility index (Phi) is 3.01. The van der Waals surface area contributed by atoms with E-state index in [1.165, 1.54) is 6.33 Å². The van der Waals surface area contributed by atoms with E-state index in [1.54, 1.807) is 17.1 Å². The number of aromatic nitrogens is 4. The predicted octanol–water partition coefficient (Wildman–Crippen LogP) is 3.29. The minimum absolute atomic E-state index is 0.713. The maximum atomic E-state index is 6.16. The second-order valence-electron chi connectivity index (χ2n) is 4.17. The zero-order valence-corrected chi connectivity index (χ0v) is 11.0. The third-order valence-electron chi connectivity index (χ3n) is 2.87. The fraction of sp³-hybridized carbons (Fsp3) is 0.0714. The van der Waals surface area contributed by atoms with Gasteiger partial charge in [-0.3, -0.25) is 4.98 Å². The minimum atomic E-state index is 0.713. The Morgan fingerprint density at radius 3 is 2.84 bits per heavy atom. The van der Waals surface area contributed by atoms with E-state index < -0.39 is 0 Å². The van der Waals surface area contributed by atoms with Crippen LogP contribution in [0.4, 0.5) is 0 Å². The highest BCUT2D eigenvalue weighted by Crippen LogP contribution is 2.23. The van der Waals surface area contributed by atoms with Gasteiger partial charge in [-0.05, 0) is 36.8 Å². The zero-order chi connectivity index (χ0) is 13.2. The van der Waals surface area contributed by atoms with Crippen LogP contribution in [0.5, 0.6) is 0 Å². The molecule has 0 bridgehead atoms. The van der Waals surface area contributed by atoms with Gasteiger partial charge in [0.25, 0.3) is 0 Å². The summed E-state index contributed by atoms with van der Waals surface area (Å²) in [7, 11) is 0. The molecule has 1 aromatic carbocycles. The van der Waals surface area contributed by atoms with E-state index in [0.29, 0.717) is 5.02 Å². The number of benzene rings is 1. The molecule has 0 amide bonds. The highest BCUT2D eigenvalue weighted by atomic mass is 35.5. The van der Waals surface area contributed by atoms with Gasteiger partial charge < -0.3 is 0 Å². The molecule has 94 valence electrons. The molecule has 3 aromatic rings. The SMILES string of the molecule is Cc1ccc(-n2ncnc2-c2cccnc2)cc1Cl. The van der Waals surface area contributed by atoms with Crippen LogP contribution in [0.1, 0.15) is 5.56 Å². The molecule has 0 aliphatic rings. The molecule has 5 heteroatoms. The quantitative estimate of drug-likeness (QED) is 0.718. The van der Waals surface area contributed by atoms with Crippen molar-refractivity contribution in [2.45, 2.75) is 6.92 Å². The number of hydrogen-bond acceptors (Lipinski definition) is 3. The lowest BCUT2D eigenvalue weighted by Gasteiger charge is -2.07. The summed E-state index contributed by atoms with van der Waals surface area (Å²) < 4.78 is 1.75. The molecule has 0 saturated carbocycles. The van der Waals surface area contributed by atoms with Crippen LogP contribution in [0.25, 0.3) is 17.1 Å². The number of nitrogens with zero attached hydrogens (tertiary/aromatic N) is 4. The highest BCUT2D eigenvalue weighted by Gasteiger charge is 2.09. The number of halogens is 1. The lowest BCUT2D eigenvalue weighted by Crippen LogP contribution is -2.00. The van der Waals surface area contributed by atoms with Gasteiger partial charge in [0.15, 0.2) is 5.82 Å². The van der Waals surface area contributed by atoms with Crippen molar-refractivity contribution in [2.75, 3.05) is 0 Å². The van der Waals surface area contributed by atoms with Gasteiger partial charge >= 0.3 is 0 Å². The van der Waals surface area contributed by atoms with Crippen molar-refractivity contribution in [1.82, 2.24) is 19.7 Å². The van der Waals surface area contributed by atoms with E-state index in [4.69, 9.17) is 11.6 Å². The Morgan fingerprint density at radius 1 is 1.21 bits per heavy atom. The summed E-state index contributed by atoms with van der Waals surface area (Å²) in [5, 5.41) is 4.97. The lowest BCUT2D eigenvalue weighted by atomic mass is 10.2. The molecular formula is C14H11ClN4. The van der Waals surface area contributed by atoms with Crippen LogP contribution < -0.4 is 0 Å². The summed E-state index contributed by atoms with van der Waals surface area (Å²) in [6, 6.07) is 9.63. The van der Waals surface area contributed by atoms with Crippen LogP contribution in [-0.2, 0) is 0 Å². The van der Waals surface area contributed by atoms with Crippen molar-refractivity contribution in [3.63, 3.8) is 0 Å². The summed E-state index contributed by atoms with van der Waals surface area (Å²) in [6.45, 7) is 1.97. The summed E-state index contributed by atoms with van der Waals surface area (Å²) >= 11 is 6.16. The third kappa shape index (κ3) is 2.22. The first-order chi connectivity index (χ1) is 9.25. The molecule has 0 fully saturated rings. The van der Waals surface area contributed by atoms with Gasteiger partial charge in [0, 0.05) is 23.0 Å². The van der Waals surface area contributed by atoms with Crippen LogP contribution in [-0.4, -0.2) is 19.7 Å². The largest absolute Gasteiger partial charge is 0.264 e. The van der Waals surface area contributed by atoms with E-state index in [2.05, 4.69) is 15.1 Å². The topological polar surface area (TPSA) is 43.6 Å². The smallest absolute Gasteiger partial charge is 0.164 e. The van der Waals surface area contributed by atoms with Crippen molar-refractivity contribution in [1.29, 1.82) is 0 Å². The Hall–Kier alpha value is -2.20. The van der Waals surface area contributed by atoms with Crippen molar-refractivity contribution >= 4 is 11.6 Å². The molecular weight excluding hydrogens is 260 g/mol. The molecule has 0 radical (unpaired) electrons. The molecule has 0 unspecified atom stereocenters. The van der Waals surface area contributed by atoms with Crippen LogP contribution in [0.3, 0.4) is 0 Å². The van der Waals surface area contributed by atoms with Crippen molar-refractivity contribution in [3.8, 4) is 17.1 Å². The summed E-state index contributed by atoms with van der Waals surface area (Å²) in [4.78, 5) is 8.38. The summed E-state index contributed by atoms with van der Waals surface area (Å²) in [6.07, 6.45) is 5.01. The predicted molar refractivity (Wildman–Crippen MR) is 74.3 cm³/mol. The van der Waals surface area contributed by atoms with E-state index in [-0.39, 0.29) is 0 Å². The maximum Gasteiger partial charge on any atom is 0.164 e. The maximum absolute atomic E-state index is 6.16. The molecule has 0 aliphatic heterocycles. The van der Waals surface area contributed by atoms with E-state index in [0.717, 1.165) is 22.6 Å². The fourth-order valence-electron chi connectivity index (χ4n) is 1.84. The molecule has 19 heavy (non-hydrogen) atoms. The normalized spacial score (nSPS) is 10.6. The van der Waals surface area contributed by atoms with Gasteiger partial charge in [0.2, 0.25) is 0 Å². The van der Waals surface area contributed by atoms with E-state index in [1.807, 2.05) is 37.3 Å². The average Bonchev–Trinajstić information content (AvgIpc) is 2.92. The van der Waals surface area contributed by atoms with Gasteiger partial charge in [0.05, 0.1) is 5.69 Å². The number of aryl methyl sites for hydroxylation is 1. The van der Waals surface area contributed by atoms with E-state index in [9.17, 15) is 0 Å². The molecule has 0 atom stereocenters. The molecule has 4 nitrogen and oxygen atoms in total. The van der Waals surface area contributed by atoms with Crippen molar-refractivity contribution in [2.24, 2.45) is 0 Å². The number of pyridine rings is 1. The molecule has 0 spiro atoms. The Morgan fingerprint density at radius 2 is 2.11 bits per heavy atom. The van der Waals surface area contributed by atoms with E-state index >= 15 is 0 Å². The third-order valence-corrected chi connectivity index (χ3v) is 3.27. The summed E-state index contributed by atoms with van der Waals surface area (Å²) in [5.41, 5.74) is 2.83. The molecule has 0 saturated heterocycles. The van der Waals surface area contributed by atoms with Gasteiger partial charge in [-0.2, -0.15) is 5.10 Å². The standard InChI is InChI=1S/C14H11ClN4/c1-10-4-5-12(7-13(10)15)19-14(17-9-18-19)11-3-2-6-16-8-11/h2-9H,1H3. The monoisotopic (exact) mass is 270 g/mol. The number of rotatable bonds is 2. The first kappa shape index (κ1) is 11.9. The Balaban J connectivity index is 2.12. The lowest BCUT2D eigenvalue weighted by molar-refractivity contribution is 0.886. The number of hydrogen-bond donors (Lipinski definition) is 0. The first-order valence-electron chi connectivity index (χ1n) is 5.82. The van der Waals surface area contributed by atoms with Gasteiger partial charge in [-0.25, -0.2) is 9.67 Å². The average molecular weight is 271 g/mol. The molecule has 2 aromatic heterocycles. The van der Waals surface area contributed by atoms with Crippen LogP contribution in [0, 0.1) is 6.92 Å². The Labute approximate surface area is 115 Å². The van der Waals surface area contributed by atoms with Crippen LogP contribution >= 0.6 is 11.6 Å². The molecule has 0 N–H and O–H groups in total. The van der Waals surface area contributed by atoms with Gasteiger partial charge in [-0.15, -0.1) is 0 Å². The molecule has 3 rings (SSSR count). The second-order valence-corrected chi connectivity index (χ2v) is 4.58. The highest BCUT2D eigenvalue weighted by molar-refractivity contribution is 6.31. The first-order valence-corrected chi connectivity index (χ1v) is 6.20. The van der Waals surface area contributed by atoms with Crippen molar-refractivity contribution < 1.29 is 0 Å². The van der Waals surface area contributed by atoms with Crippen LogP contribution in [0.15, 0.2) is 49.1 Å². The molecule has 2 heterocycles. The fourth-order valence-corrected chi connectivity index (χ4v) is 2.01. The van der Waals surface area contributed by atoms with Gasteiger partial charge in [-0.1, -0.05) is 17.7 Å². The zero-order valence-electron chi connectivity index (χ0n) is 10.3. The second kappa shape index (κ2) is 4.82. The minimum Gasteiger partial charge on any atom is -0.264 e.